The van der Waals surface area contributed by atoms with Crippen LogP contribution < -0.4 is 0 Å². The van der Waals surface area contributed by atoms with Crippen LogP contribution in [0.3, 0.4) is 0 Å². The van der Waals surface area contributed by atoms with Crippen LogP contribution in [-0.2, 0) is 11.2 Å². The van der Waals surface area contributed by atoms with E-state index in [4.69, 9.17) is 0 Å². The Labute approximate surface area is 147 Å². The molecule has 0 atom stereocenters. The molecule has 1 aromatic heterocycles. The highest BCUT2D eigenvalue weighted by Crippen LogP contribution is 2.41. The Kier molecular flexibility index (Phi) is 4.03. The molecule has 0 fully saturated rings. The van der Waals surface area contributed by atoms with Gasteiger partial charge >= 0.3 is 0 Å². The molecule has 0 aromatic carbocycles. The number of nitrogens with one attached hydrogen (secondary N) is 1. The topological polar surface area (TPSA) is 76.3 Å². The highest BCUT2D eigenvalue weighted by Gasteiger charge is 2.39. The zero-order valence-electron chi connectivity index (χ0n) is 15.2. The number of aliphatic hydroxyl groups is 2. The van der Waals surface area contributed by atoms with Gasteiger partial charge in [0.2, 0.25) is 11.5 Å². The molecular formula is C20H23N2O3+. The van der Waals surface area contributed by atoms with Crippen molar-refractivity contribution in [1.29, 1.82) is 0 Å². The van der Waals surface area contributed by atoms with Crippen molar-refractivity contribution in [1.82, 2.24) is 4.98 Å². The molecule has 0 aliphatic heterocycles. The van der Waals surface area contributed by atoms with Gasteiger partial charge in [-0.15, -0.1) is 0 Å². The summed E-state index contributed by atoms with van der Waals surface area (Å²) in [4.78, 5) is 15.9. The first-order valence-electron chi connectivity index (χ1n) is 8.32. The minimum Gasteiger partial charge on any atom is -0.507 e. The average molecular weight is 339 g/mol. The van der Waals surface area contributed by atoms with Crippen molar-refractivity contribution in [2.24, 2.45) is 0 Å². The van der Waals surface area contributed by atoms with Crippen LogP contribution in [0.4, 0.5) is 0 Å². The first-order chi connectivity index (χ1) is 11.8. The maximum atomic E-state index is 12.7. The monoisotopic (exact) mass is 339 g/mol. The SMILES string of the molecule is CCc1c(C)[nH]c(C2=C(O)/C(=C3/C=CC(=[N+](C)C)C=C3O)C2=O)c1C. The predicted molar refractivity (Wildman–Crippen MR) is 98.2 cm³/mol. The normalized spacial score (nSPS) is 20.1. The van der Waals surface area contributed by atoms with Gasteiger partial charge in [0, 0.05) is 17.3 Å². The van der Waals surface area contributed by atoms with Gasteiger partial charge in [-0.05, 0) is 37.5 Å². The number of nitrogens with zero attached hydrogens (tertiary/aromatic N) is 1. The van der Waals surface area contributed by atoms with Gasteiger partial charge in [-0.2, -0.15) is 0 Å². The highest BCUT2D eigenvalue weighted by atomic mass is 16.3. The molecule has 3 rings (SSSR count). The Balaban J connectivity index is 2.11. The Morgan fingerprint density at radius 1 is 1.12 bits per heavy atom. The summed E-state index contributed by atoms with van der Waals surface area (Å²) < 4.78 is 1.86. The minimum atomic E-state index is -0.252. The molecule has 5 nitrogen and oxygen atoms in total. The summed E-state index contributed by atoms with van der Waals surface area (Å²) in [6.45, 7) is 5.98. The molecule has 3 N–H and O–H groups in total. The third-order valence-electron chi connectivity index (χ3n) is 4.89. The van der Waals surface area contributed by atoms with E-state index in [1.807, 2.05) is 32.5 Å². The van der Waals surface area contributed by atoms with E-state index in [9.17, 15) is 15.0 Å². The van der Waals surface area contributed by atoms with Gasteiger partial charge < -0.3 is 15.2 Å². The van der Waals surface area contributed by atoms with Crippen LogP contribution in [0.1, 0.15) is 29.4 Å². The van der Waals surface area contributed by atoms with Crippen LogP contribution in [0, 0.1) is 13.8 Å². The number of allylic oxidation sites excluding steroid dienone is 5. The maximum Gasteiger partial charge on any atom is 0.203 e. The highest BCUT2D eigenvalue weighted by molar-refractivity contribution is 6.39. The lowest BCUT2D eigenvalue weighted by molar-refractivity contribution is -0.462. The number of aryl methyl sites for hydroxylation is 1. The number of aromatic nitrogens is 1. The van der Waals surface area contributed by atoms with E-state index in [1.54, 1.807) is 18.2 Å². The first kappa shape index (κ1) is 17.0. The second-order valence-corrected chi connectivity index (χ2v) is 6.61. The quantitative estimate of drug-likeness (QED) is 0.572. The van der Waals surface area contributed by atoms with E-state index in [1.165, 1.54) is 0 Å². The molecule has 2 aliphatic rings. The molecule has 0 bridgehead atoms. The number of ketones is 1. The van der Waals surface area contributed by atoms with Crippen LogP contribution >= 0.6 is 0 Å². The third kappa shape index (κ3) is 2.47. The average Bonchev–Trinajstić information content (AvgIpc) is 2.83. The molecule has 130 valence electrons. The summed E-state index contributed by atoms with van der Waals surface area (Å²) >= 11 is 0. The van der Waals surface area contributed by atoms with Crippen molar-refractivity contribution in [3.63, 3.8) is 0 Å². The fraction of sp³-hybridized carbons (Fsp3) is 0.300. The number of rotatable bonds is 2. The maximum absolute atomic E-state index is 12.7. The van der Waals surface area contributed by atoms with Gasteiger partial charge in [0.15, 0.2) is 0 Å². The molecule has 1 heterocycles. The number of H-pyrrole nitrogens is 1. The Bertz CT molecular complexity index is 946. The lowest BCUT2D eigenvalue weighted by Crippen LogP contribution is -2.25. The Hall–Kier alpha value is -2.82. The number of hydrogen-bond donors (Lipinski definition) is 3. The van der Waals surface area contributed by atoms with Crippen molar-refractivity contribution in [3.8, 4) is 0 Å². The van der Waals surface area contributed by atoms with Crippen molar-refractivity contribution in [2.45, 2.75) is 27.2 Å². The Morgan fingerprint density at radius 2 is 1.80 bits per heavy atom. The molecule has 2 aliphatic carbocycles. The number of carbonyl (C=O) groups excluding carboxylic acids is 1. The second kappa shape index (κ2) is 5.92. The van der Waals surface area contributed by atoms with Crippen LogP contribution in [0.25, 0.3) is 5.57 Å². The van der Waals surface area contributed by atoms with Gasteiger partial charge in [-0.1, -0.05) is 6.92 Å². The fourth-order valence-electron chi connectivity index (χ4n) is 3.46. The number of Topliss-reactive ketones (excluding diaryl/α,β-unsaturated/α-hetero) is 1. The lowest BCUT2D eigenvalue weighted by atomic mass is 9.80. The second-order valence-electron chi connectivity index (χ2n) is 6.61. The van der Waals surface area contributed by atoms with E-state index in [-0.39, 0.29) is 22.9 Å². The number of hydrogen-bond acceptors (Lipinski definition) is 3. The van der Waals surface area contributed by atoms with Crippen molar-refractivity contribution < 1.29 is 19.6 Å². The molecule has 0 unspecified atom stereocenters. The summed E-state index contributed by atoms with van der Waals surface area (Å²) in [5, 5.41) is 20.8. The smallest absolute Gasteiger partial charge is 0.203 e. The molecule has 0 saturated heterocycles. The largest absolute Gasteiger partial charge is 0.507 e. The summed E-state index contributed by atoms with van der Waals surface area (Å²) in [6, 6.07) is 0. The zero-order valence-corrected chi connectivity index (χ0v) is 15.2. The molecule has 0 spiro atoms. The lowest BCUT2D eigenvalue weighted by Gasteiger charge is -2.24. The van der Waals surface area contributed by atoms with Crippen molar-refractivity contribution >= 4 is 17.1 Å². The standard InChI is InChI=1S/C20H22N2O3/c1-6-13-10(2)18(21-11(13)3)17-19(24)16(20(17)25)14-8-7-12(22(4)5)9-15(14)23/h7-9H,6H2,1-5H3,(H2,21,23,24,25)/p+1. The zero-order chi connectivity index (χ0) is 18.5. The summed E-state index contributed by atoms with van der Waals surface area (Å²) in [5.41, 5.74) is 5.47. The van der Waals surface area contributed by atoms with Gasteiger partial charge in [0.1, 0.15) is 25.6 Å². The van der Waals surface area contributed by atoms with Gasteiger partial charge in [0.25, 0.3) is 0 Å². The van der Waals surface area contributed by atoms with Crippen LogP contribution in [0.5, 0.6) is 0 Å². The molecule has 25 heavy (non-hydrogen) atoms. The van der Waals surface area contributed by atoms with Crippen LogP contribution in [0.2, 0.25) is 0 Å². The Morgan fingerprint density at radius 3 is 2.28 bits per heavy atom. The van der Waals surface area contributed by atoms with Gasteiger partial charge in [-0.25, -0.2) is 4.58 Å². The molecule has 0 saturated carbocycles. The summed E-state index contributed by atoms with van der Waals surface area (Å²) in [5.74, 6) is -0.337. The van der Waals surface area contributed by atoms with Crippen LogP contribution in [0.15, 0.2) is 40.9 Å². The third-order valence-corrected chi connectivity index (χ3v) is 4.89. The van der Waals surface area contributed by atoms with Gasteiger partial charge in [-0.3, -0.25) is 4.79 Å². The summed E-state index contributed by atoms with van der Waals surface area (Å²) in [7, 11) is 3.74. The first-order valence-corrected chi connectivity index (χ1v) is 8.32. The molecule has 0 amide bonds. The predicted octanol–water partition coefficient (Wildman–Crippen LogP) is 3.07. The molecule has 0 radical (unpaired) electrons. The van der Waals surface area contributed by atoms with Gasteiger partial charge in [0.05, 0.1) is 22.9 Å². The molecule has 1 aromatic rings. The van der Waals surface area contributed by atoms with E-state index >= 15 is 0 Å². The van der Waals surface area contributed by atoms with E-state index < -0.39 is 0 Å². The minimum absolute atomic E-state index is 0.0196. The van der Waals surface area contributed by atoms with Crippen LogP contribution in [-0.4, -0.2) is 45.4 Å². The molecule has 5 heteroatoms. The van der Waals surface area contributed by atoms with Crippen molar-refractivity contribution in [2.75, 3.05) is 14.1 Å². The fourth-order valence-corrected chi connectivity index (χ4v) is 3.46. The van der Waals surface area contributed by atoms with Crippen molar-refractivity contribution in [3.05, 3.63) is 63.4 Å². The van der Waals surface area contributed by atoms with E-state index in [2.05, 4.69) is 11.9 Å². The van der Waals surface area contributed by atoms with E-state index in [0.29, 0.717) is 16.8 Å². The number of carbonyl (C=O) groups is 1. The van der Waals surface area contributed by atoms with E-state index in [0.717, 1.165) is 29.0 Å². The number of aliphatic hydroxyl groups excluding tert-OH is 2. The number of aromatic amines is 1. The summed E-state index contributed by atoms with van der Waals surface area (Å²) in [6.07, 6.45) is 5.91. The molecular weight excluding hydrogens is 316 g/mol.